The van der Waals surface area contributed by atoms with Gasteiger partial charge in [0.15, 0.2) is 5.13 Å². The minimum Gasteiger partial charge on any atom is -0.321 e. The molecule has 0 aliphatic rings. The summed E-state index contributed by atoms with van der Waals surface area (Å²) in [6, 6.07) is 14.5. The van der Waals surface area contributed by atoms with Crippen LogP contribution in [0.5, 0.6) is 0 Å². The van der Waals surface area contributed by atoms with Crippen LogP contribution in [0.4, 0.5) is 10.8 Å². The van der Waals surface area contributed by atoms with Crippen molar-refractivity contribution < 1.29 is 9.59 Å². The number of amides is 2. The molecule has 3 aromatic heterocycles. The summed E-state index contributed by atoms with van der Waals surface area (Å²) in [6.07, 6.45) is 0. The highest BCUT2D eigenvalue weighted by molar-refractivity contribution is 7.17. The molecular weight excluding hydrogens is 410 g/mol. The molecule has 140 valence electrons. The fourth-order valence-electron chi connectivity index (χ4n) is 2.49. The number of thiazole rings is 1. The van der Waals surface area contributed by atoms with Crippen molar-refractivity contribution in [2.75, 3.05) is 10.6 Å². The average Bonchev–Trinajstić information content (AvgIpc) is 3.44. The van der Waals surface area contributed by atoms with Crippen molar-refractivity contribution in [3.63, 3.8) is 0 Å². The van der Waals surface area contributed by atoms with E-state index in [9.17, 15) is 9.59 Å². The van der Waals surface area contributed by atoms with E-state index in [0.717, 1.165) is 10.6 Å². The Kier molecular flexibility index (Phi) is 5.34. The van der Waals surface area contributed by atoms with Gasteiger partial charge < -0.3 is 5.32 Å². The Morgan fingerprint density at radius 2 is 1.75 bits per heavy atom. The van der Waals surface area contributed by atoms with Crippen molar-refractivity contribution in [1.29, 1.82) is 0 Å². The predicted octanol–water partition coefficient (Wildman–Crippen LogP) is 5.75. The Labute approximate surface area is 173 Å². The Hall–Kier alpha value is -2.81. The van der Waals surface area contributed by atoms with E-state index in [1.54, 1.807) is 41.7 Å². The predicted molar refractivity (Wildman–Crippen MR) is 117 cm³/mol. The lowest BCUT2D eigenvalue weighted by atomic mass is 10.2. The third-order valence-corrected chi connectivity index (χ3v) is 6.52. The van der Waals surface area contributed by atoms with Crippen molar-refractivity contribution in [2.24, 2.45) is 0 Å². The van der Waals surface area contributed by atoms with Gasteiger partial charge in [0.05, 0.1) is 15.4 Å². The SMILES string of the molecule is Cc1ccc(-c2csc(NC(=O)c3ccc(NC(=O)c4cccs4)cc3)n2)s1. The molecule has 0 radical (unpaired) electrons. The molecule has 0 saturated heterocycles. The molecule has 0 aliphatic heterocycles. The molecule has 4 rings (SSSR count). The number of benzene rings is 1. The number of aryl methyl sites for hydroxylation is 1. The first-order valence-electron chi connectivity index (χ1n) is 8.37. The highest BCUT2D eigenvalue weighted by Gasteiger charge is 2.12. The minimum absolute atomic E-state index is 0.161. The largest absolute Gasteiger partial charge is 0.321 e. The lowest BCUT2D eigenvalue weighted by Gasteiger charge is -2.05. The van der Waals surface area contributed by atoms with Gasteiger partial charge in [-0.15, -0.1) is 34.0 Å². The average molecular weight is 426 g/mol. The van der Waals surface area contributed by atoms with Crippen molar-refractivity contribution in [2.45, 2.75) is 6.92 Å². The van der Waals surface area contributed by atoms with Gasteiger partial charge in [-0.1, -0.05) is 6.07 Å². The summed E-state index contributed by atoms with van der Waals surface area (Å²) in [4.78, 5) is 32.0. The van der Waals surface area contributed by atoms with E-state index in [-0.39, 0.29) is 11.8 Å². The normalized spacial score (nSPS) is 10.6. The van der Waals surface area contributed by atoms with Crippen LogP contribution in [0.25, 0.3) is 10.6 Å². The van der Waals surface area contributed by atoms with Crippen LogP contribution in [0.3, 0.4) is 0 Å². The molecule has 8 heteroatoms. The molecular formula is C20H15N3O2S3. The topological polar surface area (TPSA) is 71.1 Å². The molecule has 0 fully saturated rings. The van der Waals surface area contributed by atoms with Gasteiger partial charge in [-0.3, -0.25) is 14.9 Å². The van der Waals surface area contributed by atoms with Gasteiger partial charge in [-0.25, -0.2) is 4.98 Å². The molecule has 2 N–H and O–H groups in total. The smallest absolute Gasteiger partial charge is 0.265 e. The highest BCUT2D eigenvalue weighted by atomic mass is 32.1. The van der Waals surface area contributed by atoms with Gasteiger partial charge in [0, 0.05) is 21.5 Å². The van der Waals surface area contributed by atoms with Gasteiger partial charge in [0.1, 0.15) is 0 Å². The molecule has 0 bridgehead atoms. The van der Waals surface area contributed by atoms with Crippen molar-refractivity contribution in [1.82, 2.24) is 4.98 Å². The van der Waals surface area contributed by atoms with Crippen LogP contribution in [0.2, 0.25) is 0 Å². The molecule has 0 atom stereocenters. The van der Waals surface area contributed by atoms with E-state index < -0.39 is 0 Å². The van der Waals surface area contributed by atoms with Crippen molar-refractivity contribution in [3.8, 4) is 10.6 Å². The number of rotatable bonds is 5. The number of hydrogen-bond donors (Lipinski definition) is 2. The van der Waals surface area contributed by atoms with Gasteiger partial charge in [0.25, 0.3) is 11.8 Å². The van der Waals surface area contributed by atoms with E-state index in [1.807, 2.05) is 22.9 Å². The zero-order chi connectivity index (χ0) is 19.5. The van der Waals surface area contributed by atoms with Crippen LogP contribution in [0.15, 0.2) is 59.3 Å². The van der Waals surface area contributed by atoms with Crippen LogP contribution in [-0.2, 0) is 0 Å². The fourth-order valence-corrected chi connectivity index (χ4v) is 4.72. The maximum atomic E-state index is 12.5. The van der Waals surface area contributed by atoms with Crippen LogP contribution >= 0.6 is 34.0 Å². The van der Waals surface area contributed by atoms with Crippen LogP contribution in [-0.4, -0.2) is 16.8 Å². The number of aromatic nitrogens is 1. The molecule has 5 nitrogen and oxygen atoms in total. The van der Waals surface area contributed by atoms with Gasteiger partial charge in [-0.2, -0.15) is 0 Å². The second kappa shape index (κ2) is 8.05. The summed E-state index contributed by atoms with van der Waals surface area (Å²) in [5.74, 6) is -0.397. The molecule has 2 amide bonds. The van der Waals surface area contributed by atoms with Crippen LogP contribution in [0, 0.1) is 6.92 Å². The monoisotopic (exact) mass is 425 g/mol. The first-order chi connectivity index (χ1) is 13.6. The molecule has 0 unspecified atom stereocenters. The molecule has 1 aromatic carbocycles. The van der Waals surface area contributed by atoms with Gasteiger partial charge >= 0.3 is 0 Å². The first-order valence-corrected chi connectivity index (χ1v) is 10.9. The van der Waals surface area contributed by atoms with Gasteiger partial charge in [-0.05, 0) is 54.8 Å². The van der Waals surface area contributed by atoms with Crippen molar-refractivity contribution >= 4 is 56.6 Å². The molecule has 3 heterocycles. The fraction of sp³-hybridized carbons (Fsp3) is 0.0500. The number of anilines is 2. The Morgan fingerprint density at radius 1 is 0.929 bits per heavy atom. The number of thiophene rings is 2. The number of hydrogen-bond acceptors (Lipinski definition) is 6. The standard InChI is InChI=1S/C20H15N3O2S3/c1-12-4-9-16(28-12)15-11-27-20(22-15)23-18(24)13-5-7-14(8-6-13)21-19(25)17-3-2-10-26-17/h2-11H,1H3,(H,21,25)(H,22,23,24). The van der Waals surface area contributed by atoms with E-state index in [1.165, 1.54) is 27.6 Å². The molecule has 28 heavy (non-hydrogen) atoms. The van der Waals surface area contributed by atoms with Gasteiger partial charge in [0.2, 0.25) is 0 Å². The molecule has 4 aromatic rings. The maximum Gasteiger partial charge on any atom is 0.265 e. The minimum atomic E-state index is -0.237. The Balaban J connectivity index is 1.40. The number of carbonyl (C=O) groups excluding carboxylic acids is 2. The van der Waals surface area contributed by atoms with Crippen LogP contribution < -0.4 is 10.6 Å². The zero-order valence-electron chi connectivity index (χ0n) is 14.8. The summed E-state index contributed by atoms with van der Waals surface area (Å²) in [7, 11) is 0. The summed E-state index contributed by atoms with van der Waals surface area (Å²) < 4.78 is 0. The quantitative estimate of drug-likeness (QED) is 0.428. The Bertz CT molecular complexity index is 1110. The molecule has 0 spiro atoms. The first kappa shape index (κ1) is 18.5. The van der Waals surface area contributed by atoms with E-state index in [0.29, 0.717) is 21.3 Å². The summed E-state index contributed by atoms with van der Waals surface area (Å²) in [5.41, 5.74) is 2.00. The number of nitrogens with zero attached hydrogens (tertiary/aromatic N) is 1. The maximum absolute atomic E-state index is 12.5. The second-order valence-corrected chi connectivity index (χ2v) is 9.00. The van der Waals surface area contributed by atoms with E-state index in [4.69, 9.17) is 0 Å². The highest BCUT2D eigenvalue weighted by Crippen LogP contribution is 2.30. The Morgan fingerprint density at radius 3 is 2.43 bits per heavy atom. The van der Waals surface area contributed by atoms with E-state index in [2.05, 4.69) is 28.6 Å². The number of nitrogens with one attached hydrogen (secondary N) is 2. The number of carbonyl (C=O) groups is 2. The summed E-state index contributed by atoms with van der Waals surface area (Å²) in [5, 5.41) is 9.98. The summed E-state index contributed by atoms with van der Waals surface area (Å²) in [6.45, 7) is 2.05. The lowest BCUT2D eigenvalue weighted by molar-refractivity contribution is 0.102. The zero-order valence-corrected chi connectivity index (χ0v) is 17.2. The third kappa shape index (κ3) is 4.19. The molecule has 0 saturated carbocycles. The second-order valence-electron chi connectivity index (χ2n) is 5.91. The summed E-state index contributed by atoms with van der Waals surface area (Å²) >= 11 is 4.45. The lowest BCUT2D eigenvalue weighted by Crippen LogP contribution is -2.13. The van der Waals surface area contributed by atoms with E-state index >= 15 is 0 Å². The molecule has 0 aliphatic carbocycles. The van der Waals surface area contributed by atoms with Crippen LogP contribution in [0.1, 0.15) is 24.9 Å². The third-order valence-electron chi connectivity index (χ3n) is 3.87. The van der Waals surface area contributed by atoms with Crippen molar-refractivity contribution in [3.05, 3.63) is 74.6 Å².